The summed E-state index contributed by atoms with van der Waals surface area (Å²) in [5, 5.41) is 3.00. The average Bonchev–Trinajstić information content (AvgIpc) is 2.78. The van der Waals surface area contributed by atoms with Gasteiger partial charge in [0.2, 0.25) is 12.0 Å². The lowest BCUT2D eigenvalue weighted by Crippen LogP contribution is -2.42. The molecule has 2 heterocycles. The maximum Gasteiger partial charge on any atom is 0.274 e. The van der Waals surface area contributed by atoms with Crippen molar-refractivity contribution >= 4 is 23.3 Å². The molecule has 0 unspecified atom stereocenters. The number of rotatable bonds is 6. The van der Waals surface area contributed by atoms with Crippen LogP contribution in [0.2, 0.25) is 0 Å². The van der Waals surface area contributed by atoms with E-state index in [2.05, 4.69) is 10.3 Å². The quantitative estimate of drug-likeness (QED) is 0.639. The number of anilines is 2. The molecular weight excluding hydrogens is 390 g/mol. The Morgan fingerprint density at radius 3 is 2.52 bits per heavy atom. The van der Waals surface area contributed by atoms with Gasteiger partial charge in [-0.15, -0.1) is 0 Å². The highest BCUT2D eigenvalue weighted by molar-refractivity contribution is 5.99. The number of nitrogens with one attached hydrogen (secondary N) is 1. The number of pyridine rings is 1. The smallest absolute Gasteiger partial charge is 0.274 e. The van der Waals surface area contributed by atoms with Gasteiger partial charge in [-0.2, -0.15) is 0 Å². The normalized spacial score (nSPS) is 15.2. The second-order valence-electron chi connectivity index (χ2n) is 7.64. The number of carbonyl (C=O) groups excluding carboxylic acids is 2. The molecule has 1 aliphatic heterocycles. The molecule has 6 heteroatoms. The molecule has 31 heavy (non-hydrogen) atoms. The van der Waals surface area contributed by atoms with E-state index in [-0.39, 0.29) is 11.8 Å². The molecule has 1 aliphatic rings. The van der Waals surface area contributed by atoms with Crippen LogP contribution < -0.4 is 15.0 Å². The van der Waals surface area contributed by atoms with Crippen molar-refractivity contribution < 1.29 is 14.3 Å². The van der Waals surface area contributed by atoms with Gasteiger partial charge >= 0.3 is 0 Å². The summed E-state index contributed by atoms with van der Waals surface area (Å²) >= 11 is 0. The Labute approximate surface area is 181 Å². The molecule has 6 nitrogen and oxygen atoms in total. The van der Waals surface area contributed by atoms with Gasteiger partial charge in [0.15, 0.2) is 11.6 Å². The number of carbonyl (C=O) groups is 2. The number of benzene rings is 2. The minimum atomic E-state index is -0.721. The van der Waals surface area contributed by atoms with Crippen molar-refractivity contribution in [2.45, 2.75) is 32.8 Å². The predicted molar refractivity (Wildman–Crippen MR) is 120 cm³/mol. The average molecular weight is 415 g/mol. The van der Waals surface area contributed by atoms with E-state index in [1.165, 1.54) is 0 Å². The molecule has 0 radical (unpaired) electrons. The van der Waals surface area contributed by atoms with Crippen molar-refractivity contribution in [1.29, 1.82) is 0 Å². The molecule has 0 bridgehead atoms. The highest BCUT2D eigenvalue weighted by Gasteiger charge is 2.36. The van der Waals surface area contributed by atoms with E-state index < -0.39 is 6.10 Å². The fraction of sp³-hybridized carbons (Fsp3) is 0.240. The number of hydrogen-bond donors (Lipinski definition) is 1. The summed E-state index contributed by atoms with van der Waals surface area (Å²) in [7, 11) is 0. The van der Waals surface area contributed by atoms with Gasteiger partial charge in [0.05, 0.1) is 0 Å². The third-order valence-electron chi connectivity index (χ3n) is 5.38. The lowest BCUT2D eigenvalue weighted by molar-refractivity contribution is -0.127. The Morgan fingerprint density at radius 1 is 1.03 bits per heavy atom. The van der Waals surface area contributed by atoms with E-state index in [9.17, 15) is 9.59 Å². The Bertz CT molecular complexity index is 1080. The molecule has 2 aromatic carbocycles. The molecule has 4 rings (SSSR count). The van der Waals surface area contributed by atoms with Gasteiger partial charge in [-0.05, 0) is 43.5 Å². The number of ether oxygens (including phenoxy) is 1. The minimum Gasteiger partial charge on any atom is -0.472 e. The molecule has 1 atom stereocenters. The van der Waals surface area contributed by atoms with Gasteiger partial charge < -0.3 is 10.1 Å². The first-order valence-corrected chi connectivity index (χ1v) is 10.4. The summed E-state index contributed by atoms with van der Waals surface area (Å²) in [5.41, 5.74) is 3.70. The lowest BCUT2D eigenvalue weighted by Gasteiger charge is -2.33. The van der Waals surface area contributed by atoms with Crippen LogP contribution in [0.5, 0.6) is 5.75 Å². The molecule has 0 saturated heterocycles. The van der Waals surface area contributed by atoms with E-state index in [1.54, 1.807) is 17.2 Å². The topological polar surface area (TPSA) is 71.5 Å². The van der Waals surface area contributed by atoms with Crippen LogP contribution in [0.1, 0.15) is 35.6 Å². The molecular formula is C25H25N3O3. The summed E-state index contributed by atoms with van der Waals surface area (Å²) < 4.78 is 5.96. The van der Waals surface area contributed by atoms with Gasteiger partial charge in [0.25, 0.3) is 5.91 Å². The molecule has 3 aromatic rings. The molecule has 0 aliphatic carbocycles. The number of para-hydroxylation sites is 1. The monoisotopic (exact) mass is 415 g/mol. The van der Waals surface area contributed by atoms with Crippen LogP contribution >= 0.6 is 0 Å². The third-order valence-corrected chi connectivity index (χ3v) is 5.38. The zero-order chi connectivity index (χ0) is 21.8. The van der Waals surface area contributed by atoms with E-state index in [1.807, 2.05) is 68.4 Å². The standard InChI is InChI=1S/C25H25N3O3/c1-17-9-6-10-18(2)22(17)27-21(29)14-8-16-28-24-20(13-7-15-26-24)31-23(25(28)30)19-11-4-3-5-12-19/h3-7,9-13,15,23H,8,14,16H2,1-2H3,(H,27,29)/t23-/m0/s1. The second kappa shape index (κ2) is 9.00. The fourth-order valence-corrected chi connectivity index (χ4v) is 3.77. The summed E-state index contributed by atoms with van der Waals surface area (Å²) in [4.78, 5) is 31.7. The summed E-state index contributed by atoms with van der Waals surface area (Å²) in [5.74, 6) is 0.817. The van der Waals surface area contributed by atoms with Crippen LogP contribution in [-0.4, -0.2) is 23.3 Å². The Morgan fingerprint density at radius 2 is 1.77 bits per heavy atom. The highest BCUT2D eigenvalue weighted by Crippen LogP contribution is 2.37. The van der Waals surface area contributed by atoms with E-state index in [0.29, 0.717) is 31.0 Å². The molecule has 1 N–H and O–H groups in total. The summed E-state index contributed by atoms with van der Waals surface area (Å²) in [6.45, 7) is 4.33. The molecule has 1 aromatic heterocycles. The van der Waals surface area contributed by atoms with Crippen molar-refractivity contribution in [2.24, 2.45) is 0 Å². The van der Waals surface area contributed by atoms with Crippen molar-refractivity contribution in [2.75, 3.05) is 16.8 Å². The van der Waals surface area contributed by atoms with Crippen molar-refractivity contribution in [3.8, 4) is 5.75 Å². The van der Waals surface area contributed by atoms with Crippen LogP contribution in [0, 0.1) is 13.8 Å². The van der Waals surface area contributed by atoms with E-state index in [0.717, 1.165) is 22.4 Å². The van der Waals surface area contributed by atoms with Gasteiger partial charge in [0.1, 0.15) is 0 Å². The molecule has 0 fully saturated rings. The zero-order valence-corrected chi connectivity index (χ0v) is 17.7. The maximum atomic E-state index is 13.2. The number of aryl methyl sites for hydroxylation is 2. The lowest BCUT2D eigenvalue weighted by atomic mass is 10.1. The Balaban J connectivity index is 1.45. The maximum absolute atomic E-state index is 13.2. The van der Waals surface area contributed by atoms with Gasteiger partial charge in [0, 0.05) is 30.4 Å². The van der Waals surface area contributed by atoms with E-state index >= 15 is 0 Å². The third kappa shape index (κ3) is 4.43. The number of hydrogen-bond acceptors (Lipinski definition) is 4. The zero-order valence-electron chi connectivity index (χ0n) is 17.7. The van der Waals surface area contributed by atoms with Crippen molar-refractivity contribution in [3.63, 3.8) is 0 Å². The number of fused-ring (bicyclic) bond motifs is 1. The van der Waals surface area contributed by atoms with Crippen LogP contribution in [0.15, 0.2) is 66.9 Å². The summed E-state index contributed by atoms with van der Waals surface area (Å²) in [6.07, 6.45) is 1.73. The highest BCUT2D eigenvalue weighted by atomic mass is 16.5. The van der Waals surface area contributed by atoms with Crippen LogP contribution in [0.3, 0.4) is 0 Å². The fourth-order valence-electron chi connectivity index (χ4n) is 3.77. The first kappa shape index (κ1) is 20.6. The largest absolute Gasteiger partial charge is 0.472 e. The molecule has 0 saturated carbocycles. The molecule has 0 spiro atoms. The SMILES string of the molecule is Cc1cccc(C)c1NC(=O)CCCN1C(=O)[C@H](c2ccccc2)Oc2cccnc21. The van der Waals surface area contributed by atoms with Crippen LogP contribution in [-0.2, 0) is 9.59 Å². The predicted octanol–water partition coefficient (Wildman–Crippen LogP) is 4.58. The Hall–Kier alpha value is -3.67. The number of nitrogens with zero attached hydrogens (tertiary/aromatic N) is 2. The van der Waals surface area contributed by atoms with Crippen LogP contribution in [0.25, 0.3) is 0 Å². The van der Waals surface area contributed by atoms with Gasteiger partial charge in [-0.3, -0.25) is 14.5 Å². The van der Waals surface area contributed by atoms with Crippen molar-refractivity contribution in [1.82, 2.24) is 4.98 Å². The first-order valence-electron chi connectivity index (χ1n) is 10.4. The summed E-state index contributed by atoms with van der Waals surface area (Å²) in [6, 6.07) is 18.9. The number of aromatic nitrogens is 1. The van der Waals surface area contributed by atoms with Crippen LogP contribution in [0.4, 0.5) is 11.5 Å². The van der Waals surface area contributed by atoms with Gasteiger partial charge in [-0.25, -0.2) is 4.98 Å². The first-order chi connectivity index (χ1) is 15.0. The molecule has 2 amide bonds. The Kier molecular flexibility index (Phi) is 5.98. The minimum absolute atomic E-state index is 0.0704. The molecule has 158 valence electrons. The number of amides is 2. The second-order valence-corrected chi connectivity index (χ2v) is 7.64. The van der Waals surface area contributed by atoms with Crippen molar-refractivity contribution in [3.05, 3.63) is 83.6 Å². The van der Waals surface area contributed by atoms with E-state index in [4.69, 9.17) is 4.74 Å². The van der Waals surface area contributed by atoms with Gasteiger partial charge in [-0.1, -0.05) is 48.5 Å².